The molecule has 0 saturated carbocycles. The number of rotatable bonds is 4. The maximum atomic E-state index is 12.9. The number of anilines is 2. The van der Waals surface area contributed by atoms with Crippen molar-refractivity contribution in [1.82, 2.24) is 0 Å². The van der Waals surface area contributed by atoms with Crippen LogP contribution < -0.4 is 10.2 Å². The van der Waals surface area contributed by atoms with Crippen molar-refractivity contribution in [3.8, 4) is 0 Å². The SMILES string of the molecule is COCc1c(C(=O)Nc2ccc3c(c2)CCCN3C(C)=O)oc2ccccc12. The van der Waals surface area contributed by atoms with Gasteiger partial charge in [0, 0.05) is 42.9 Å². The van der Waals surface area contributed by atoms with Gasteiger partial charge in [0.1, 0.15) is 5.58 Å². The van der Waals surface area contributed by atoms with Gasteiger partial charge in [0.05, 0.1) is 6.61 Å². The first-order valence-corrected chi connectivity index (χ1v) is 9.30. The van der Waals surface area contributed by atoms with Crippen LogP contribution in [0.5, 0.6) is 0 Å². The second-order valence-corrected chi connectivity index (χ2v) is 6.91. The average molecular weight is 378 g/mol. The van der Waals surface area contributed by atoms with Crippen LogP contribution in [0, 0.1) is 0 Å². The lowest BCUT2D eigenvalue weighted by Crippen LogP contribution is -2.33. The Morgan fingerprint density at radius 2 is 2.04 bits per heavy atom. The highest BCUT2D eigenvalue weighted by Gasteiger charge is 2.23. The summed E-state index contributed by atoms with van der Waals surface area (Å²) in [6.07, 6.45) is 1.79. The molecule has 1 aliphatic heterocycles. The number of hydrogen-bond acceptors (Lipinski definition) is 4. The second kappa shape index (κ2) is 7.48. The molecule has 1 aromatic heterocycles. The minimum absolute atomic E-state index is 0.0317. The zero-order chi connectivity index (χ0) is 19.7. The molecule has 0 radical (unpaired) electrons. The highest BCUT2D eigenvalue weighted by atomic mass is 16.5. The molecule has 2 heterocycles. The molecule has 1 aliphatic rings. The first kappa shape index (κ1) is 18.3. The van der Waals surface area contributed by atoms with E-state index in [1.54, 1.807) is 18.9 Å². The van der Waals surface area contributed by atoms with E-state index in [1.807, 2.05) is 42.5 Å². The summed E-state index contributed by atoms with van der Waals surface area (Å²) in [6.45, 7) is 2.59. The zero-order valence-electron chi connectivity index (χ0n) is 16.0. The Bertz CT molecular complexity index is 1050. The summed E-state index contributed by atoms with van der Waals surface area (Å²) in [5, 5.41) is 3.79. The van der Waals surface area contributed by atoms with E-state index < -0.39 is 0 Å². The van der Waals surface area contributed by atoms with Crippen LogP contribution in [0.15, 0.2) is 46.9 Å². The van der Waals surface area contributed by atoms with Crippen molar-refractivity contribution in [3.63, 3.8) is 0 Å². The molecule has 4 rings (SSSR count). The molecule has 6 heteroatoms. The number of methoxy groups -OCH3 is 1. The van der Waals surface area contributed by atoms with Crippen LogP contribution in [-0.4, -0.2) is 25.5 Å². The Kier molecular flexibility index (Phi) is 4.88. The summed E-state index contributed by atoms with van der Waals surface area (Å²) >= 11 is 0. The quantitative estimate of drug-likeness (QED) is 0.741. The number of fused-ring (bicyclic) bond motifs is 2. The van der Waals surface area contributed by atoms with Crippen LogP contribution in [-0.2, 0) is 22.6 Å². The van der Waals surface area contributed by atoms with Crippen LogP contribution in [0.4, 0.5) is 11.4 Å². The minimum atomic E-state index is -0.317. The summed E-state index contributed by atoms with van der Waals surface area (Å²) in [5.74, 6) is -0.0298. The number of nitrogens with one attached hydrogen (secondary N) is 1. The molecule has 2 amide bonds. The molecule has 1 N–H and O–H groups in total. The number of para-hydroxylation sites is 1. The zero-order valence-corrected chi connectivity index (χ0v) is 16.0. The number of nitrogens with zero attached hydrogens (tertiary/aromatic N) is 1. The predicted octanol–water partition coefficient (Wildman–Crippen LogP) is 4.13. The molecule has 0 bridgehead atoms. The van der Waals surface area contributed by atoms with Crippen molar-refractivity contribution in [3.05, 3.63) is 59.4 Å². The van der Waals surface area contributed by atoms with Crippen LogP contribution in [0.25, 0.3) is 11.0 Å². The van der Waals surface area contributed by atoms with E-state index in [2.05, 4.69) is 5.32 Å². The Balaban J connectivity index is 1.63. The Morgan fingerprint density at radius 3 is 2.82 bits per heavy atom. The van der Waals surface area contributed by atoms with Gasteiger partial charge in [-0.2, -0.15) is 0 Å². The third kappa shape index (κ3) is 3.27. The van der Waals surface area contributed by atoms with E-state index in [4.69, 9.17) is 9.15 Å². The number of ether oxygens (including phenoxy) is 1. The summed E-state index contributed by atoms with van der Waals surface area (Å²) in [7, 11) is 1.59. The highest BCUT2D eigenvalue weighted by molar-refractivity contribution is 6.06. The van der Waals surface area contributed by atoms with E-state index in [9.17, 15) is 9.59 Å². The van der Waals surface area contributed by atoms with Gasteiger partial charge < -0.3 is 19.4 Å². The van der Waals surface area contributed by atoms with Crippen LogP contribution in [0.3, 0.4) is 0 Å². The largest absolute Gasteiger partial charge is 0.451 e. The lowest BCUT2D eigenvalue weighted by atomic mass is 10.0. The molecule has 28 heavy (non-hydrogen) atoms. The maximum Gasteiger partial charge on any atom is 0.291 e. The van der Waals surface area contributed by atoms with Crippen LogP contribution in [0.2, 0.25) is 0 Å². The summed E-state index contributed by atoms with van der Waals surface area (Å²) in [4.78, 5) is 26.5. The van der Waals surface area contributed by atoms with Gasteiger partial charge in [0.15, 0.2) is 5.76 Å². The van der Waals surface area contributed by atoms with Gasteiger partial charge in [0.2, 0.25) is 5.91 Å². The molecule has 3 aromatic rings. The first-order valence-electron chi connectivity index (χ1n) is 9.30. The van der Waals surface area contributed by atoms with Crippen molar-refractivity contribution >= 4 is 34.2 Å². The predicted molar refractivity (Wildman–Crippen MR) is 108 cm³/mol. The van der Waals surface area contributed by atoms with Crippen molar-refractivity contribution < 1.29 is 18.7 Å². The van der Waals surface area contributed by atoms with E-state index in [-0.39, 0.29) is 24.2 Å². The number of aryl methyl sites for hydroxylation is 1. The molecule has 0 atom stereocenters. The first-order chi connectivity index (χ1) is 13.6. The van der Waals surface area contributed by atoms with Gasteiger partial charge in [-0.05, 0) is 42.7 Å². The minimum Gasteiger partial charge on any atom is -0.451 e. The van der Waals surface area contributed by atoms with Crippen molar-refractivity contribution in [2.75, 3.05) is 23.9 Å². The van der Waals surface area contributed by atoms with Gasteiger partial charge >= 0.3 is 0 Å². The highest BCUT2D eigenvalue weighted by Crippen LogP contribution is 2.31. The average Bonchev–Trinajstić information content (AvgIpc) is 3.06. The normalized spacial score (nSPS) is 13.4. The van der Waals surface area contributed by atoms with E-state index >= 15 is 0 Å². The maximum absolute atomic E-state index is 12.9. The fourth-order valence-corrected chi connectivity index (χ4v) is 3.76. The monoisotopic (exact) mass is 378 g/mol. The van der Waals surface area contributed by atoms with Gasteiger partial charge in [-0.1, -0.05) is 18.2 Å². The molecular weight excluding hydrogens is 356 g/mol. The third-order valence-electron chi connectivity index (χ3n) is 5.03. The van der Waals surface area contributed by atoms with Gasteiger partial charge in [-0.15, -0.1) is 0 Å². The van der Waals surface area contributed by atoms with Gasteiger partial charge in [0.25, 0.3) is 5.91 Å². The molecule has 0 spiro atoms. The van der Waals surface area contributed by atoms with Crippen molar-refractivity contribution in [2.45, 2.75) is 26.4 Å². The Hall–Kier alpha value is -3.12. The Morgan fingerprint density at radius 1 is 1.21 bits per heavy atom. The second-order valence-electron chi connectivity index (χ2n) is 6.91. The van der Waals surface area contributed by atoms with E-state index in [1.165, 1.54) is 0 Å². The van der Waals surface area contributed by atoms with Crippen molar-refractivity contribution in [2.24, 2.45) is 0 Å². The fraction of sp³-hybridized carbons (Fsp3) is 0.273. The summed E-state index contributed by atoms with van der Waals surface area (Å²) in [6, 6.07) is 13.2. The number of benzene rings is 2. The molecule has 0 fully saturated rings. The molecule has 0 unspecified atom stereocenters. The molecule has 0 aliphatic carbocycles. The van der Waals surface area contributed by atoms with Crippen LogP contribution in [0.1, 0.15) is 35.0 Å². The van der Waals surface area contributed by atoms with E-state index in [0.29, 0.717) is 11.3 Å². The number of hydrogen-bond donors (Lipinski definition) is 1. The van der Waals surface area contributed by atoms with Gasteiger partial charge in [-0.3, -0.25) is 9.59 Å². The summed E-state index contributed by atoms with van der Waals surface area (Å²) in [5.41, 5.74) is 4.04. The van der Waals surface area contributed by atoms with Gasteiger partial charge in [-0.25, -0.2) is 0 Å². The molecule has 0 saturated heterocycles. The fourth-order valence-electron chi connectivity index (χ4n) is 3.76. The summed E-state index contributed by atoms with van der Waals surface area (Å²) < 4.78 is 11.1. The number of carbonyl (C=O) groups excluding carboxylic acids is 2. The molecule has 2 aromatic carbocycles. The topological polar surface area (TPSA) is 71.8 Å². The van der Waals surface area contributed by atoms with Crippen molar-refractivity contribution in [1.29, 1.82) is 0 Å². The number of amides is 2. The molecule has 6 nitrogen and oxygen atoms in total. The molecular formula is C22H22N2O4. The lowest BCUT2D eigenvalue weighted by molar-refractivity contribution is -0.116. The Labute approximate surface area is 163 Å². The molecule has 144 valence electrons. The number of carbonyl (C=O) groups is 2. The lowest BCUT2D eigenvalue weighted by Gasteiger charge is -2.28. The van der Waals surface area contributed by atoms with E-state index in [0.717, 1.165) is 41.6 Å². The standard InChI is InChI=1S/C22H22N2O4/c1-14(25)24-11-5-6-15-12-16(9-10-19(15)24)23-22(26)21-18(13-27-2)17-7-3-4-8-20(17)28-21/h3-4,7-10,12H,5-6,11,13H2,1-2H3,(H,23,26). The van der Waals surface area contributed by atoms with Crippen LogP contribution >= 0.6 is 0 Å². The smallest absolute Gasteiger partial charge is 0.291 e. The third-order valence-corrected chi connectivity index (χ3v) is 5.03. The number of furan rings is 1.